The van der Waals surface area contributed by atoms with E-state index in [0.29, 0.717) is 12.8 Å². The lowest BCUT2D eigenvalue weighted by atomic mass is 10.1. The molecule has 0 aromatic heterocycles. The van der Waals surface area contributed by atoms with E-state index in [2.05, 4.69) is 32.0 Å². The standard InChI is InChI=1S/C18H21I2N3O6S2/c19-13-4-8-15(9-5-13)30(26,27)21-12-2-1-3-17(18(24)22-25)23-31(28,29)16-10-6-14(20)7-11-16/h4-11,17,21,23,25H,1-3,12H2,(H,22,24)/t17-/m0/s1. The third kappa shape index (κ3) is 8.21. The Morgan fingerprint density at radius 3 is 1.81 bits per heavy atom. The van der Waals surface area contributed by atoms with E-state index in [-0.39, 0.29) is 22.8 Å². The SMILES string of the molecule is O=C(NO)[C@H](CCCCNS(=O)(=O)c1ccc(I)cc1)NS(=O)(=O)c1ccc(I)cc1. The molecule has 0 aliphatic heterocycles. The summed E-state index contributed by atoms with van der Waals surface area (Å²) in [5.41, 5.74) is 1.46. The maximum atomic E-state index is 12.5. The first-order valence-corrected chi connectivity index (χ1v) is 14.1. The number of rotatable bonds is 11. The number of sulfonamides is 2. The zero-order valence-corrected chi connectivity index (χ0v) is 22.0. The topological polar surface area (TPSA) is 142 Å². The zero-order chi connectivity index (χ0) is 23.1. The fraction of sp³-hybridized carbons (Fsp3) is 0.278. The molecule has 4 N–H and O–H groups in total. The molecule has 0 aliphatic carbocycles. The predicted molar refractivity (Wildman–Crippen MR) is 131 cm³/mol. The maximum absolute atomic E-state index is 12.5. The molecule has 31 heavy (non-hydrogen) atoms. The van der Waals surface area contributed by atoms with E-state index >= 15 is 0 Å². The van der Waals surface area contributed by atoms with Gasteiger partial charge in [0.2, 0.25) is 20.0 Å². The van der Waals surface area contributed by atoms with Gasteiger partial charge < -0.3 is 0 Å². The lowest BCUT2D eigenvalue weighted by molar-refractivity contribution is -0.131. The molecule has 170 valence electrons. The van der Waals surface area contributed by atoms with E-state index in [1.807, 2.05) is 22.6 Å². The molecule has 0 radical (unpaired) electrons. The van der Waals surface area contributed by atoms with Gasteiger partial charge in [-0.3, -0.25) is 10.0 Å². The normalized spacial score (nSPS) is 13.0. The van der Waals surface area contributed by atoms with Crippen LogP contribution in [0.1, 0.15) is 19.3 Å². The summed E-state index contributed by atoms with van der Waals surface area (Å²) in [6.07, 6.45) is 0.772. The van der Waals surface area contributed by atoms with Crippen LogP contribution in [-0.4, -0.2) is 40.5 Å². The van der Waals surface area contributed by atoms with Gasteiger partial charge >= 0.3 is 0 Å². The smallest absolute Gasteiger partial charge is 0.261 e. The maximum Gasteiger partial charge on any atom is 0.261 e. The molecule has 2 aromatic rings. The monoisotopic (exact) mass is 693 g/mol. The van der Waals surface area contributed by atoms with Crippen LogP contribution in [0.3, 0.4) is 0 Å². The summed E-state index contributed by atoms with van der Waals surface area (Å²) >= 11 is 4.12. The highest BCUT2D eigenvalue weighted by atomic mass is 127. The van der Waals surface area contributed by atoms with E-state index in [9.17, 15) is 21.6 Å². The molecule has 2 aromatic carbocycles. The molecule has 13 heteroatoms. The Labute approximate surface area is 208 Å². The van der Waals surface area contributed by atoms with Crippen molar-refractivity contribution in [3.05, 3.63) is 55.7 Å². The summed E-state index contributed by atoms with van der Waals surface area (Å²) in [6, 6.07) is 11.2. The van der Waals surface area contributed by atoms with Gasteiger partial charge in [0, 0.05) is 13.7 Å². The second kappa shape index (κ2) is 11.9. The molecule has 0 bridgehead atoms. The van der Waals surface area contributed by atoms with Gasteiger partial charge in [0.05, 0.1) is 9.79 Å². The molecular formula is C18H21I2N3O6S2. The number of unbranched alkanes of at least 4 members (excludes halogenated alkanes) is 1. The second-order valence-electron chi connectivity index (χ2n) is 6.45. The summed E-state index contributed by atoms with van der Waals surface area (Å²) in [5.74, 6) is -0.895. The number of halogens is 2. The average molecular weight is 693 g/mol. The van der Waals surface area contributed by atoms with E-state index < -0.39 is 32.0 Å². The van der Waals surface area contributed by atoms with Crippen LogP contribution in [-0.2, 0) is 24.8 Å². The van der Waals surface area contributed by atoms with Crippen molar-refractivity contribution in [1.29, 1.82) is 0 Å². The largest absolute Gasteiger partial charge is 0.289 e. The van der Waals surface area contributed by atoms with Crippen LogP contribution in [0, 0.1) is 7.14 Å². The fourth-order valence-corrected chi connectivity index (χ4v) is 5.59. The van der Waals surface area contributed by atoms with Gasteiger partial charge in [-0.1, -0.05) is 6.42 Å². The number of amides is 1. The van der Waals surface area contributed by atoms with E-state index in [0.717, 1.165) is 7.14 Å². The summed E-state index contributed by atoms with van der Waals surface area (Å²) in [7, 11) is -7.63. The van der Waals surface area contributed by atoms with Gasteiger partial charge in [-0.25, -0.2) is 27.0 Å². The first-order chi connectivity index (χ1) is 14.5. The van der Waals surface area contributed by atoms with Crippen molar-refractivity contribution in [3.63, 3.8) is 0 Å². The lowest BCUT2D eigenvalue weighted by Gasteiger charge is -2.17. The number of carbonyl (C=O) groups excluding carboxylic acids is 1. The fourth-order valence-electron chi connectivity index (χ4n) is 2.57. The van der Waals surface area contributed by atoms with Crippen LogP contribution in [0.5, 0.6) is 0 Å². The van der Waals surface area contributed by atoms with Crippen molar-refractivity contribution in [2.24, 2.45) is 0 Å². The Kier molecular flexibility index (Phi) is 10.1. The zero-order valence-electron chi connectivity index (χ0n) is 16.1. The summed E-state index contributed by atoms with van der Waals surface area (Å²) < 4.78 is 56.1. The van der Waals surface area contributed by atoms with Crippen molar-refractivity contribution in [1.82, 2.24) is 14.9 Å². The second-order valence-corrected chi connectivity index (χ2v) is 12.4. The van der Waals surface area contributed by atoms with Gasteiger partial charge in [-0.2, -0.15) is 4.72 Å². The van der Waals surface area contributed by atoms with E-state index in [4.69, 9.17) is 5.21 Å². The number of benzene rings is 2. The van der Waals surface area contributed by atoms with E-state index in [1.165, 1.54) is 29.7 Å². The van der Waals surface area contributed by atoms with Crippen LogP contribution in [0.25, 0.3) is 0 Å². The van der Waals surface area contributed by atoms with Crippen LogP contribution in [0.2, 0.25) is 0 Å². The highest BCUT2D eigenvalue weighted by molar-refractivity contribution is 14.1. The molecule has 0 unspecified atom stereocenters. The molecule has 0 heterocycles. The third-order valence-electron chi connectivity index (χ3n) is 4.18. The van der Waals surface area contributed by atoms with Gasteiger partial charge in [0.25, 0.3) is 5.91 Å². The Balaban J connectivity index is 1.91. The van der Waals surface area contributed by atoms with Gasteiger partial charge in [-0.15, -0.1) is 0 Å². The third-order valence-corrected chi connectivity index (χ3v) is 8.59. The Morgan fingerprint density at radius 1 is 0.839 bits per heavy atom. The Bertz CT molecular complexity index is 1090. The van der Waals surface area contributed by atoms with Crippen LogP contribution in [0.4, 0.5) is 0 Å². The Morgan fingerprint density at radius 2 is 1.32 bits per heavy atom. The van der Waals surface area contributed by atoms with Crippen molar-refractivity contribution in [2.75, 3.05) is 6.54 Å². The highest BCUT2D eigenvalue weighted by Crippen LogP contribution is 2.14. The van der Waals surface area contributed by atoms with Gasteiger partial charge in [-0.05, 0) is 107 Å². The van der Waals surface area contributed by atoms with Crippen molar-refractivity contribution in [2.45, 2.75) is 35.1 Å². The van der Waals surface area contributed by atoms with Crippen molar-refractivity contribution in [3.8, 4) is 0 Å². The molecule has 1 amide bonds. The Hall–Kier alpha value is -0.850. The number of nitrogens with one attached hydrogen (secondary N) is 3. The average Bonchev–Trinajstić information content (AvgIpc) is 2.72. The van der Waals surface area contributed by atoms with Gasteiger partial charge in [0.1, 0.15) is 6.04 Å². The number of hydrogen-bond donors (Lipinski definition) is 4. The molecule has 0 saturated heterocycles. The van der Waals surface area contributed by atoms with E-state index in [1.54, 1.807) is 24.3 Å². The van der Waals surface area contributed by atoms with Crippen molar-refractivity contribution < 1.29 is 26.8 Å². The molecular weight excluding hydrogens is 672 g/mol. The predicted octanol–water partition coefficient (Wildman–Crippen LogP) is 2.20. The van der Waals surface area contributed by atoms with Crippen LogP contribution in [0.15, 0.2) is 58.3 Å². The molecule has 0 aliphatic rings. The van der Waals surface area contributed by atoms with Crippen LogP contribution < -0.4 is 14.9 Å². The summed E-state index contributed by atoms with van der Waals surface area (Å²) in [4.78, 5) is 12.1. The molecule has 1 atom stereocenters. The van der Waals surface area contributed by atoms with Crippen LogP contribution >= 0.6 is 45.2 Å². The minimum Gasteiger partial charge on any atom is -0.289 e. The minimum absolute atomic E-state index is 0.00561. The van der Waals surface area contributed by atoms with Crippen molar-refractivity contribution >= 4 is 71.1 Å². The molecule has 0 saturated carbocycles. The molecule has 9 nitrogen and oxygen atoms in total. The lowest BCUT2D eigenvalue weighted by Crippen LogP contribution is -2.45. The highest BCUT2D eigenvalue weighted by Gasteiger charge is 2.25. The minimum atomic E-state index is -3.97. The first kappa shape index (κ1) is 26.4. The molecule has 0 spiro atoms. The number of hydroxylamine groups is 1. The summed E-state index contributed by atoms with van der Waals surface area (Å²) in [5, 5.41) is 8.94. The molecule has 2 rings (SSSR count). The number of carbonyl (C=O) groups is 1. The summed E-state index contributed by atoms with van der Waals surface area (Å²) in [6.45, 7) is 0.117. The van der Waals surface area contributed by atoms with Gasteiger partial charge in [0.15, 0.2) is 0 Å². The quantitative estimate of drug-likeness (QED) is 0.123. The number of hydrogen-bond acceptors (Lipinski definition) is 6. The molecule has 0 fully saturated rings. The first-order valence-electron chi connectivity index (χ1n) is 9.02.